The van der Waals surface area contributed by atoms with E-state index in [1.165, 1.54) is 4.88 Å². The molecular weight excluding hydrogens is 234 g/mol. The number of rotatable bonds is 6. The molecule has 0 bridgehead atoms. The van der Waals surface area contributed by atoms with Gasteiger partial charge in [0.2, 0.25) is 0 Å². The molecule has 0 amide bonds. The second-order valence-electron chi connectivity index (χ2n) is 5.22. The molecule has 0 saturated heterocycles. The zero-order chi connectivity index (χ0) is 12.9. The number of nitrogens with one attached hydrogen (secondary N) is 1. The van der Waals surface area contributed by atoms with Crippen LogP contribution in [0.2, 0.25) is 0 Å². The van der Waals surface area contributed by atoms with Gasteiger partial charge < -0.3 is 15.2 Å². The summed E-state index contributed by atoms with van der Waals surface area (Å²) in [6.45, 7) is 8.98. The smallest absolute Gasteiger partial charge is 0.0898 e. The van der Waals surface area contributed by atoms with Gasteiger partial charge in [0.1, 0.15) is 0 Å². The van der Waals surface area contributed by atoms with Crippen molar-refractivity contribution in [3.63, 3.8) is 0 Å². The van der Waals surface area contributed by atoms with Gasteiger partial charge in [0, 0.05) is 17.5 Å². The quantitative estimate of drug-likeness (QED) is 0.823. The van der Waals surface area contributed by atoms with Crippen molar-refractivity contribution in [2.24, 2.45) is 0 Å². The van der Waals surface area contributed by atoms with E-state index in [1.807, 2.05) is 26.8 Å². The number of aliphatic hydroxyl groups is 1. The molecular formula is C13H23NO2S. The molecule has 1 rings (SSSR count). The maximum Gasteiger partial charge on any atom is 0.0898 e. The maximum atomic E-state index is 9.77. The summed E-state index contributed by atoms with van der Waals surface area (Å²) < 4.78 is 5.53. The standard InChI is InChI=1S/C13H23NO2S/c1-10(12-6-5-7-17-12)14-8-11(15)9-16-13(2,3)4/h5-7,10-11,14-15H,8-9H2,1-4H3/t10-,11?/m0/s1. The van der Waals surface area contributed by atoms with E-state index >= 15 is 0 Å². The first kappa shape index (κ1) is 14.6. The van der Waals surface area contributed by atoms with Crippen LogP contribution in [0.3, 0.4) is 0 Å². The van der Waals surface area contributed by atoms with E-state index in [4.69, 9.17) is 4.74 Å². The van der Waals surface area contributed by atoms with E-state index in [0.717, 1.165) is 0 Å². The fourth-order valence-electron chi connectivity index (χ4n) is 1.36. The summed E-state index contributed by atoms with van der Waals surface area (Å²) in [6, 6.07) is 4.41. The zero-order valence-corrected chi connectivity index (χ0v) is 11.9. The van der Waals surface area contributed by atoms with Gasteiger partial charge in [-0.2, -0.15) is 0 Å². The monoisotopic (exact) mass is 257 g/mol. The Labute approximate surface area is 108 Å². The minimum Gasteiger partial charge on any atom is -0.389 e. The second-order valence-corrected chi connectivity index (χ2v) is 6.20. The van der Waals surface area contributed by atoms with E-state index in [9.17, 15) is 5.11 Å². The van der Waals surface area contributed by atoms with Gasteiger partial charge in [0.05, 0.1) is 18.3 Å². The highest BCUT2D eigenvalue weighted by atomic mass is 32.1. The number of aliphatic hydroxyl groups excluding tert-OH is 1. The Morgan fingerprint density at radius 1 is 1.47 bits per heavy atom. The van der Waals surface area contributed by atoms with Gasteiger partial charge in [-0.3, -0.25) is 0 Å². The van der Waals surface area contributed by atoms with Gasteiger partial charge in [-0.15, -0.1) is 11.3 Å². The molecule has 0 aliphatic heterocycles. The van der Waals surface area contributed by atoms with Crippen molar-refractivity contribution in [2.45, 2.75) is 45.4 Å². The molecule has 0 aliphatic carbocycles. The Morgan fingerprint density at radius 2 is 2.18 bits per heavy atom. The highest BCUT2D eigenvalue weighted by molar-refractivity contribution is 7.10. The summed E-state index contributed by atoms with van der Waals surface area (Å²) in [5.74, 6) is 0. The number of ether oxygens (including phenoxy) is 1. The van der Waals surface area contributed by atoms with E-state index in [2.05, 4.69) is 23.7 Å². The van der Waals surface area contributed by atoms with Crippen molar-refractivity contribution in [2.75, 3.05) is 13.2 Å². The molecule has 4 heteroatoms. The average Bonchev–Trinajstić information content (AvgIpc) is 2.75. The number of hydrogen-bond acceptors (Lipinski definition) is 4. The third-order valence-electron chi connectivity index (χ3n) is 2.34. The SMILES string of the molecule is C[C@H](NCC(O)COC(C)(C)C)c1cccs1. The summed E-state index contributed by atoms with van der Waals surface area (Å²) in [7, 11) is 0. The van der Waals surface area contributed by atoms with Crippen LogP contribution in [-0.2, 0) is 4.74 Å². The molecule has 1 heterocycles. The minimum absolute atomic E-state index is 0.194. The molecule has 3 nitrogen and oxygen atoms in total. The summed E-state index contributed by atoms with van der Waals surface area (Å²) >= 11 is 1.72. The molecule has 1 aromatic heterocycles. The van der Waals surface area contributed by atoms with Crippen LogP contribution in [0.1, 0.15) is 38.6 Å². The molecule has 0 aliphatic rings. The minimum atomic E-state index is -0.461. The van der Waals surface area contributed by atoms with E-state index in [-0.39, 0.29) is 11.6 Å². The maximum absolute atomic E-state index is 9.77. The Kier molecular flexibility index (Phi) is 5.59. The van der Waals surface area contributed by atoms with Crippen LogP contribution < -0.4 is 5.32 Å². The Morgan fingerprint density at radius 3 is 2.71 bits per heavy atom. The third kappa shape index (κ3) is 6.17. The lowest BCUT2D eigenvalue weighted by atomic mass is 10.2. The van der Waals surface area contributed by atoms with Gasteiger partial charge in [-0.25, -0.2) is 0 Å². The molecule has 2 N–H and O–H groups in total. The molecule has 0 aromatic carbocycles. The van der Waals surface area contributed by atoms with Crippen LogP contribution in [0, 0.1) is 0 Å². The fourth-order valence-corrected chi connectivity index (χ4v) is 2.12. The van der Waals surface area contributed by atoms with E-state index in [0.29, 0.717) is 13.2 Å². The molecule has 1 unspecified atom stereocenters. The molecule has 98 valence electrons. The average molecular weight is 257 g/mol. The molecule has 17 heavy (non-hydrogen) atoms. The van der Waals surface area contributed by atoms with Gasteiger partial charge in [-0.1, -0.05) is 6.07 Å². The third-order valence-corrected chi connectivity index (χ3v) is 3.39. The van der Waals surface area contributed by atoms with Crippen molar-refractivity contribution in [1.29, 1.82) is 0 Å². The summed E-state index contributed by atoms with van der Waals surface area (Å²) in [5, 5.41) is 15.1. The Hall–Kier alpha value is -0.420. The van der Waals surface area contributed by atoms with Crippen LogP contribution in [0.4, 0.5) is 0 Å². The van der Waals surface area contributed by atoms with Crippen LogP contribution in [0.25, 0.3) is 0 Å². The zero-order valence-electron chi connectivity index (χ0n) is 11.1. The molecule has 1 aromatic rings. The lowest BCUT2D eigenvalue weighted by Gasteiger charge is -2.23. The van der Waals surface area contributed by atoms with Crippen molar-refractivity contribution in [3.8, 4) is 0 Å². The van der Waals surface area contributed by atoms with Crippen molar-refractivity contribution in [1.82, 2.24) is 5.32 Å². The van der Waals surface area contributed by atoms with Crippen LogP contribution in [0.15, 0.2) is 17.5 Å². The molecule has 0 fully saturated rings. The first-order valence-electron chi connectivity index (χ1n) is 5.97. The normalized spacial score (nSPS) is 15.8. The molecule has 0 radical (unpaired) electrons. The predicted molar refractivity (Wildman–Crippen MR) is 72.4 cm³/mol. The van der Waals surface area contributed by atoms with Gasteiger partial charge >= 0.3 is 0 Å². The van der Waals surface area contributed by atoms with Crippen LogP contribution in [0.5, 0.6) is 0 Å². The largest absolute Gasteiger partial charge is 0.389 e. The highest BCUT2D eigenvalue weighted by Crippen LogP contribution is 2.17. The van der Waals surface area contributed by atoms with Gasteiger partial charge in [0.25, 0.3) is 0 Å². The van der Waals surface area contributed by atoms with E-state index in [1.54, 1.807) is 11.3 Å². The summed E-state index contributed by atoms with van der Waals surface area (Å²) in [5.41, 5.74) is -0.194. The van der Waals surface area contributed by atoms with Gasteiger partial charge in [-0.05, 0) is 39.1 Å². The first-order valence-corrected chi connectivity index (χ1v) is 6.85. The lowest BCUT2D eigenvalue weighted by molar-refractivity contribution is -0.0482. The Bertz CT molecular complexity index is 306. The van der Waals surface area contributed by atoms with Crippen LogP contribution in [-0.4, -0.2) is 30.0 Å². The van der Waals surface area contributed by atoms with Crippen molar-refractivity contribution >= 4 is 11.3 Å². The Balaban J connectivity index is 2.22. The molecule has 2 atom stereocenters. The molecule has 0 spiro atoms. The highest BCUT2D eigenvalue weighted by Gasteiger charge is 2.14. The fraction of sp³-hybridized carbons (Fsp3) is 0.692. The summed E-state index contributed by atoms with van der Waals surface area (Å²) in [6.07, 6.45) is -0.461. The lowest BCUT2D eigenvalue weighted by Crippen LogP contribution is -2.34. The van der Waals surface area contributed by atoms with E-state index < -0.39 is 6.10 Å². The second kappa shape index (κ2) is 6.50. The first-order chi connectivity index (χ1) is 7.88. The topological polar surface area (TPSA) is 41.5 Å². The predicted octanol–water partition coefficient (Wildman–Crippen LogP) is 2.57. The number of thiophene rings is 1. The van der Waals surface area contributed by atoms with Crippen molar-refractivity contribution in [3.05, 3.63) is 22.4 Å². The van der Waals surface area contributed by atoms with Crippen molar-refractivity contribution < 1.29 is 9.84 Å². The molecule has 0 saturated carbocycles. The van der Waals surface area contributed by atoms with Gasteiger partial charge in [0.15, 0.2) is 0 Å². The number of hydrogen-bond donors (Lipinski definition) is 2. The summed E-state index contributed by atoms with van der Waals surface area (Å²) in [4.78, 5) is 1.29. The van der Waals surface area contributed by atoms with Crippen LogP contribution >= 0.6 is 11.3 Å².